The van der Waals surface area contributed by atoms with Gasteiger partial charge in [0.25, 0.3) is 0 Å². The van der Waals surface area contributed by atoms with Crippen LogP contribution in [0.4, 0.5) is 0 Å². The van der Waals surface area contributed by atoms with Crippen molar-refractivity contribution in [1.29, 1.82) is 0 Å². The summed E-state index contributed by atoms with van der Waals surface area (Å²) in [5, 5.41) is 9.41. The first-order chi connectivity index (χ1) is 10.1. The van der Waals surface area contributed by atoms with Crippen molar-refractivity contribution in [2.75, 3.05) is 7.11 Å². The first kappa shape index (κ1) is 14.9. The van der Waals surface area contributed by atoms with Gasteiger partial charge in [-0.2, -0.15) is 0 Å². The molecule has 0 aliphatic carbocycles. The van der Waals surface area contributed by atoms with Crippen LogP contribution in [-0.2, 0) is 16.0 Å². The highest BCUT2D eigenvalue weighted by Gasteiger charge is 2.06. The molecule has 0 bridgehead atoms. The molecule has 4 heteroatoms. The highest BCUT2D eigenvalue weighted by molar-refractivity contribution is 5.69. The standard InChI is InChI=1S/C17H18O4/c1-12-10-16(21-15-5-3-4-14(18)11-15)8-6-13(12)7-9-17(19)20-2/h3-6,8,10-11,18H,7,9H2,1-2H3. The second-order valence-corrected chi connectivity index (χ2v) is 4.76. The van der Waals surface area contributed by atoms with Crippen molar-refractivity contribution in [2.45, 2.75) is 19.8 Å². The summed E-state index contributed by atoms with van der Waals surface area (Å²) in [6, 6.07) is 12.4. The van der Waals surface area contributed by atoms with Crippen molar-refractivity contribution in [2.24, 2.45) is 0 Å². The van der Waals surface area contributed by atoms with Gasteiger partial charge in [-0.15, -0.1) is 0 Å². The summed E-state index contributed by atoms with van der Waals surface area (Å²) >= 11 is 0. The minimum absolute atomic E-state index is 0.166. The SMILES string of the molecule is COC(=O)CCc1ccc(Oc2cccc(O)c2)cc1C. The molecule has 0 atom stereocenters. The van der Waals surface area contributed by atoms with Crippen molar-refractivity contribution in [1.82, 2.24) is 0 Å². The third-order valence-electron chi connectivity index (χ3n) is 3.19. The Morgan fingerprint density at radius 2 is 1.90 bits per heavy atom. The number of carbonyl (C=O) groups excluding carboxylic acids is 1. The van der Waals surface area contributed by atoms with Crippen LogP contribution in [0.15, 0.2) is 42.5 Å². The van der Waals surface area contributed by atoms with Crippen molar-refractivity contribution in [3.05, 3.63) is 53.6 Å². The summed E-state index contributed by atoms with van der Waals surface area (Å²) in [4.78, 5) is 11.2. The van der Waals surface area contributed by atoms with Crippen LogP contribution in [0.3, 0.4) is 0 Å². The Labute approximate surface area is 123 Å². The van der Waals surface area contributed by atoms with Crippen molar-refractivity contribution >= 4 is 5.97 Å². The van der Waals surface area contributed by atoms with Gasteiger partial charge in [0.05, 0.1) is 7.11 Å². The monoisotopic (exact) mass is 286 g/mol. The molecule has 0 saturated heterocycles. The molecule has 0 amide bonds. The molecule has 0 aliphatic heterocycles. The lowest BCUT2D eigenvalue weighted by molar-refractivity contribution is -0.140. The molecule has 2 aromatic rings. The zero-order chi connectivity index (χ0) is 15.2. The Hall–Kier alpha value is -2.49. The number of rotatable bonds is 5. The fraction of sp³-hybridized carbons (Fsp3) is 0.235. The van der Waals surface area contributed by atoms with E-state index in [1.54, 1.807) is 24.3 Å². The van der Waals surface area contributed by atoms with Gasteiger partial charge in [0.1, 0.15) is 17.2 Å². The van der Waals surface area contributed by atoms with Gasteiger partial charge in [0.15, 0.2) is 0 Å². The van der Waals surface area contributed by atoms with Crippen LogP contribution < -0.4 is 4.74 Å². The number of esters is 1. The number of benzene rings is 2. The van der Waals surface area contributed by atoms with Crippen molar-refractivity contribution in [3.8, 4) is 17.2 Å². The van der Waals surface area contributed by atoms with E-state index in [2.05, 4.69) is 4.74 Å². The number of phenolic OH excluding ortho intramolecular Hbond substituents is 1. The molecule has 2 aromatic carbocycles. The molecule has 0 radical (unpaired) electrons. The van der Waals surface area contributed by atoms with E-state index < -0.39 is 0 Å². The molecule has 4 nitrogen and oxygen atoms in total. The summed E-state index contributed by atoms with van der Waals surface area (Å²) in [5.74, 6) is 1.23. The van der Waals surface area contributed by atoms with Crippen LogP contribution >= 0.6 is 0 Å². The fourth-order valence-electron chi connectivity index (χ4n) is 2.03. The van der Waals surface area contributed by atoms with Crippen LogP contribution in [-0.4, -0.2) is 18.2 Å². The molecule has 0 heterocycles. The van der Waals surface area contributed by atoms with Crippen LogP contribution in [0.5, 0.6) is 17.2 Å². The van der Waals surface area contributed by atoms with Gasteiger partial charge in [-0.05, 0) is 48.7 Å². The lowest BCUT2D eigenvalue weighted by Gasteiger charge is -2.10. The van der Waals surface area contributed by atoms with Crippen LogP contribution in [0.1, 0.15) is 17.5 Å². The van der Waals surface area contributed by atoms with E-state index in [0.717, 1.165) is 11.1 Å². The number of phenols is 1. The van der Waals surface area contributed by atoms with E-state index >= 15 is 0 Å². The van der Waals surface area contributed by atoms with Gasteiger partial charge in [-0.3, -0.25) is 4.79 Å². The summed E-state index contributed by atoms with van der Waals surface area (Å²) in [6.07, 6.45) is 1.01. The van der Waals surface area contributed by atoms with Gasteiger partial charge >= 0.3 is 5.97 Å². The molecule has 2 rings (SSSR count). The number of carbonyl (C=O) groups is 1. The van der Waals surface area contributed by atoms with Gasteiger partial charge in [0.2, 0.25) is 0 Å². The van der Waals surface area contributed by atoms with Gasteiger partial charge in [0, 0.05) is 12.5 Å². The number of methoxy groups -OCH3 is 1. The maximum Gasteiger partial charge on any atom is 0.305 e. The zero-order valence-corrected chi connectivity index (χ0v) is 12.1. The predicted molar refractivity (Wildman–Crippen MR) is 79.7 cm³/mol. The molecule has 1 N–H and O–H groups in total. The molecule has 0 aliphatic rings. The lowest BCUT2D eigenvalue weighted by Crippen LogP contribution is -2.02. The topological polar surface area (TPSA) is 55.8 Å². The average Bonchev–Trinajstić information content (AvgIpc) is 2.46. The minimum atomic E-state index is -0.213. The van der Waals surface area contributed by atoms with Crippen LogP contribution in [0, 0.1) is 6.92 Å². The Morgan fingerprint density at radius 1 is 1.14 bits per heavy atom. The number of aromatic hydroxyl groups is 1. The highest BCUT2D eigenvalue weighted by Crippen LogP contribution is 2.26. The average molecular weight is 286 g/mol. The molecule has 0 fully saturated rings. The number of ether oxygens (including phenoxy) is 2. The van der Waals surface area contributed by atoms with Crippen molar-refractivity contribution < 1.29 is 19.4 Å². The zero-order valence-electron chi connectivity index (χ0n) is 12.1. The maximum absolute atomic E-state index is 11.2. The Morgan fingerprint density at radius 3 is 2.57 bits per heavy atom. The van der Waals surface area contributed by atoms with E-state index in [1.807, 2.05) is 25.1 Å². The summed E-state index contributed by atoms with van der Waals surface area (Å²) < 4.78 is 10.3. The van der Waals surface area contributed by atoms with E-state index in [0.29, 0.717) is 24.3 Å². The Balaban J connectivity index is 2.06. The summed E-state index contributed by atoms with van der Waals surface area (Å²) in [5.41, 5.74) is 2.14. The van der Waals surface area contributed by atoms with Gasteiger partial charge in [-0.1, -0.05) is 12.1 Å². The molecular weight excluding hydrogens is 268 g/mol. The maximum atomic E-state index is 11.2. The number of hydrogen-bond acceptors (Lipinski definition) is 4. The van der Waals surface area contributed by atoms with E-state index in [-0.39, 0.29) is 11.7 Å². The smallest absolute Gasteiger partial charge is 0.305 e. The lowest BCUT2D eigenvalue weighted by atomic mass is 10.0. The van der Waals surface area contributed by atoms with Crippen molar-refractivity contribution in [3.63, 3.8) is 0 Å². The number of hydrogen-bond donors (Lipinski definition) is 1. The Kier molecular flexibility index (Phi) is 4.82. The normalized spacial score (nSPS) is 10.2. The molecular formula is C17H18O4. The highest BCUT2D eigenvalue weighted by atomic mass is 16.5. The van der Waals surface area contributed by atoms with E-state index in [4.69, 9.17) is 4.74 Å². The van der Waals surface area contributed by atoms with E-state index in [9.17, 15) is 9.90 Å². The third-order valence-corrected chi connectivity index (χ3v) is 3.19. The van der Waals surface area contributed by atoms with E-state index in [1.165, 1.54) is 7.11 Å². The third kappa shape index (κ3) is 4.24. The molecule has 0 saturated carbocycles. The molecule has 110 valence electrons. The predicted octanol–water partition coefficient (Wildman–Crippen LogP) is 3.60. The van der Waals surface area contributed by atoms with Gasteiger partial charge < -0.3 is 14.6 Å². The first-order valence-corrected chi connectivity index (χ1v) is 6.71. The molecule has 21 heavy (non-hydrogen) atoms. The quantitative estimate of drug-likeness (QED) is 0.853. The van der Waals surface area contributed by atoms with Crippen LogP contribution in [0.25, 0.3) is 0 Å². The molecule has 0 unspecified atom stereocenters. The summed E-state index contributed by atoms with van der Waals surface area (Å²) in [7, 11) is 1.39. The molecule has 0 spiro atoms. The Bertz CT molecular complexity index is 634. The molecule has 0 aromatic heterocycles. The summed E-state index contributed by atoms with van der Waals surface area (Å²) in [6.45, 7) is 1.97. The fourth-order valence-corrected chi connectivity index (χ4v) is 2.03. The first-order valence-electron chi connectivity index (χ1n) is 6.71. The van der Waals surface area contributed by atoms with Gasteiger partial charge in [-0.25, -0.2) is 0 Å². The minimum Gasteiger partial charge on any atom is -0.508 e. The number of aryl methyl sites for hydroxylation is 2. The second-order valence-electron chi connectivity index (χ2n) is 4.76. The van der Waals surface area contributed by atoms with Crippen LogP contribution in [0.2, 0.25) is 0 Å². The second kappa shape index (κ2) is 6.79. The largest absolute Gasteiger partial charge is 0.508 e.